The van der Waals surface area contributed by atoms with E-state index in [2.05, 4.69) is 10.3 Å². The predicted molar refractivity (Wildman–Crippen MR) is 91.6 cm³/mol. The Morgan fingerprint density at radius 2 is 2.19 bits per heavy atom. The zero-order chi connectivity index (χ0) is 14.5. The molecule has 8 heteroatoms. The highest BCUT2D eigenvalue weighted by Gasteiger charge is 2.30. The van der Waals surface area contributed by atoms with Crippen LogP contribution in [0.1, 0.15) is 37.4 Å². The van der Waals surface area contributed by atoms with Gasteiger partial charge < -0.3 is 15.8 Å². The summed E-state index contributed by atoms with van der Waals surface area (Å²) in [7, 11) is 1.56. The summed E-state index contributed by atoms with van der Waals surface area (Å²) in [5.41, 5.74) is 6.08. The summed E-state index contributed by atoms with van der Waals surface area (Å²) in [6, 6.07) is 0. The molecule has 2 unspecified atom stereocenters. The molecule has 1 rings (SSSR count). The lowest BCUT2D eigenvalue weighted by Crippen LogP contribution is -2.44. The van der Waals surface area contributed by atoms with Crippen LogP contribution in [0.2, 0.25) is 0 Å². The number of nitrogens with one attached hydrogen (secondary N) is 1. The van der Waals surface area contributed by atoms with Gasteiger partial charge in [0.2, 0.25) is 5.91 Å². The third-order valence-corrected chi connectivity index (χ3v) is 4.45. The third-order valence-electron chi connectivity index (χ3n) is 3.22. The summed E-state index contributed by atoms with van der Waals surface area (Å²) in [4.78, 5) is 16.5. The Kier molecular flexibility index (Phi) is 11.3. The van der Waals surface area contributed by atoms with Crippen molar-refractivity contribution in [3.63, 3.8) is 0 Å². The van der Waals surface area contributed by atoms with Crippen molar-refractivity contribution in [3.8, 4) is 0 Å². The van der Waals surface area contributed by atoms with Crippen LogP contribution in [-0.4, -0.2) is 30.6 Å². The monoisotopic (exact) mass is 357 g/mol. The number of hydrogen-bond donors (Lipinski definition) is 2. The van der Waals surface area contributed by atoms with E-state index in [0.29, 0.717) is 6.54 Å². The van der Waals surface area contributed by atoms with E-state index in [1.54, 1.807) is 18.4 Å². The average Bonchev–Trinajstić information content (AvgIpc) is 2.83. The topological polar surface area (TPSA) is 77.2 Å². The van der Waals surface area contributed by atoms with E-state index >= 15 is 0 Å². The normalized spacial score (nSPS) is 14.3. The molecule has 0 spiro atoms. The minimum absolute atomic E-state index is 0. The van der Waals surface area contributed by atoms with Crippen molar-refractivity contribution in [2.75, 3.05) is 13.7 Å². The predicted octanol–water partition coefficient (Wildman–Crippen LogP) is 2.40. The fourth-order valence-corrected chi connectivity index (χ4v) is 2.72. The number of halogens is 2. The van der Waals surface area contributed by atoms with Crippen LogP contribution in [0.5, 0.6) is 0 Å². The molecular formula is C13H25Cl2N3O2S. The van der Waals surface area contributed by atoms with Gasteiger partial charge in [0.1, 0.15) is 5.01 Å². The van der Waals surface area contributed by atoms with Crippen LogP contribution in [-0.2, 0) is 15.1 Å². The second-order valence-corrected chi connectivity index (χ2v) is 5.68. The largest absolute Gasteiger partial charge is 0.380 e. The van der Waals surface area contributed by atoms with Crippen molar-refractivity contribution >= 4 is 42.1 Å². The Labute approximate surface area is 142 Å². The van der Waals surface area contributed by atoms with Gasteiger partial charge in [-0.1, -0.05) is 6.92 Å². The third kappa shape index (κ3) is 6.48. The molecule has 5 nitrogen and oxygen atoms in total. The first-order valence-corrected chi connectivity index (χ1v) is 7.29. The van der Waals surface area contributed by atoms with Gasteiger partial charge >= 0.3 is 0 Å². The molecule has 1 amide bonds. The number of nitrogens with two attached hydrogens (primary N) is 1. The van der Waals surface area contributed by atoms with Gasteiger partial charge in [0.05, 0.1) is 18.1 Å². The highest BCUT2D eigenvalue weighted by Crippen LogP contribution is 2.27. The lowest BCUT2D eigenvalue weighted by atomic mass is 9.99. The highest BCUT2D eigenvalue weighted by atomic mass is 35.5. The Balaban J connectivity index is 0. The molecule has 0 radical (unpaired) electrons. The lowest BCUT2D eigenvalue weighted by molar-refractivity contribution is -0.125. The molecule has 1 heterocycles. The van der Waals surface area contributed by atoms with Gasteiger partial charge in [-0.05, 0) is 20.3 Å². The van der Waals surface area contributed by atoms with Crippen LogP contribution in [0, 0.1) is 6.92 Å². The van der Waals surface area contributed by atoms with Gasteiger partial charge in [0.25, 0.3) is 0 Å². The fourth-order valence-electron chi connectivity index (χ4n) is 1.73. The number of carbonyl (C=O) groups excluding carboxylic acids is 1. The first-order chi connectivity index (χ1) is 8.95. The molecule has 21 heavy (non-hydrogen) atoms. The van der Waals surface area contributed by atoms with Crippen molar-refractivity contribution in [1.82, 2.24) is 10.3 Å². The second kappa shape index (κ2) is 10.3. The Morgan fingerprint density at radius 1 is 1.57 bits per heavy atom. The van der Waals surface area contributed by atoms with Crippen LogP contribution in [0.4, 0.5) is 0 Å². The van der Waals surface area contributed by atoms with E-state index in [1.807, 2.05) is 26.2 Å². The lowest BCUT2D eigenvalue weighted by Gasteiger charge is -2.28. The number of thiazole rings is 1. The number of methoxy groups -OCH3 is 1. The number of rotatable bonds is 7. The molecule has 0 saturated heterocycles. The van der Waals surface area contributed by atoms with Gasteiger partial charge in [-0.2, -0.15) is 0 Å². The van der Waals surface area contributed by atoms with Gasteiger partial charge in [-0.25, -0.2) is 4.98 Å². The zero-order valence-electron chi connectivity index (χ0n) is 12.8. The van der Waals surface area contributed by atoms with E-state index in [1.165, 1.54) is 0 Å². The minimum Gasteiger partial charge on any atom is -0.380 e. The van der Waals surface area contributed by atoms with Crippen LogP contribution in [0.15, 0.2) is 5.38 Å². The molecule has 0 aliphatic heterocycles. The fraction of sp³-hybridized carbons (Fsp3) is 0.692. The SMILES string of the molecule is CCC(C)(NC(=O)CC(CN)OC)c1nc(C)cs1.Cl.Cl. The molecule has 0 saturated carbocycles. The zero-order valence-corrected chi connectivity index (χ0v) is 15.3. The minimum atomic E-state index is -0.428. The van der Waals surface area contributed by atoms with Gasteiger partial charge in [-0.3, -0.25) is 4.79 Å². The highest BCUT2D eigenvalue weighted by molar-refractivity contribution is 7.09. The van der Waals surface area contributed by atoms with Gasteiger partial charge in [0.15, 0.2) is 0 Å². The number of carbonyl (C=O) groups is 1. The number of aryl methyl sites for hydroxylation is 1. The molecular weight excluding hydrogens is 333 g/mol. The van der Waals surface area contributed by atoms with Crippen molar-refractivity contribution < 1.29 is 9.53 Å². The van der Waals surface area contributed by atoms with E-state index in [0.717, 1.165) is 17.1 Å². The van der Waals surface area contributed by atoms with E-state index in [9.17, 15) is 4.79 Å². The van der Waals surface area contributed by atoms with E-state index < -0.39 is 5.54 Å². The Hall–Kier alpha value is -0.400. The number of aromatic nitrogens is 1. The quantitative estimate of drug-likeness (QED) is 0.785. The average molecular weight is 358 g/mol. The van der Waals surface area contributed by atoms with Gasteiger partial charge in [0, 0.05) is 24.7 Å². The summed E-state index contributed by atoms with van der Waals surface area (Å²) >= 11 is 1.57. The maximum absolute atomic E-state index is 12.1. The van der Waals surface area contributed by atoms with Crippen LogP contribution < -0.4 is 11.1 Å². The van der Waals surface area contributed by atoms with Crippen molar-refractivity contribution in [2.45, 2.75) is 45.3 Å². The molecule has 0 aliphatic carbocycles. The first kappa shape index (κ1) is 22.9. The molecule has 2 atom stereocenters. The summed E-state index contributed by atoms with van der Waals surface area (Å²) in [6.07, 6.45) is 0.818. The van der Waals surface area contributed by atoms with E-state index in [4.69, 9.17) is 10.5 Å². The van der Waals surface area contributed by atoms with Gasteiger partial charge in [-0.15, -0.1) is 36.2 Å². The standard InChI is InChI=1S/C13H23N3O2S.2ClH/c1-5-13(3,12-15-9(2)8-19-12)16-11(17)6-10(7-14)18-4;;/h8,10H,5-7,14H2,1-4H3,(H,16,17);2*1H. The molecule has 0 aromatic carbocycles. The molecule has 124 valence electrons. The molecule has 0 aliphatic rings. The Morgan fingerprint density at radius 3 is 2.57 bits per heavy atom. The number of hydrogen-bond acceptors (Lipinski definition) is 5. The van der Waals surface area contributed by atoms with Crippen molar-refractivity contribution in [1.29, 1.82) is 0 Å². The summed E-state index contributed by atoms with van der Waals surface area (Å²) in [5, 5.41) is 5.97. The van der Waals surface area contributed by atoms with Crippen LogP contribution >= 0.6 is 36.2 Å². The summed E-state index contributed by atoms with van der Waals surface area (Å²) in [5.74, 6) is -0.0606. The molecule has 3 N–H and O–H groups in total. The summed E-state index contributed by atoms with van der Waals surface area (Å²) < 4.78 is 5.13. The number of nitrogens with zero attached hydrogens (tertiary/aromatic N) is 1. The molecule has 0 bridgehead atoms. The smallest absolute Gasteiger partial charge is 0.223 e. The van der Waals surface area contributed by atoms with Crippen molar-refractivity contribution in [3.05, 3.63) is 16.1 Å². The van der Waals surface area contributed by atoms with Crippen LogP contribution in [0.25, 0.3) is 0 Å². The van der Waals surface area contributed by atoms with Crippen molar-refractivity contribution in [2.24, 2.45) is 5.73 Å². The second-order valence-electron chi connectivity index (χ2n) is 4.83. The maximum Gasteiger partial charge on any atom is 0.223 e. The van der Waals surface area contributed by atoms with E-state index in [-0.39, 0.29) is 43.2 Å². The molecule has 1 aromatic heterocycles. The number of amides is 1. The van der Waals surface area contributed by atoms with Crippen LogP contribution in [0.3, 0.4) is 0 Å². The maximum atomic E-state index is 12.1. The molecule has 0 fully saturated rings. The first-order valence-electron chi connectivity index (χ1n) is 6.41. The summed E-state index contributed by atoms with van der Waals surface area (Å²) in [6.45, 7) is 6.32. The Bertz CT molecular complexity index is 427. The number of ether oxygens (including phenoxy) is 1. The molecule has 1 aromatic rings.